The minimum Gasteiger partial charge on any atom is -0.377 e. The number of nitrogens with two attached hydrogens (primary N) is 1. The summed E-state index contributed by atoms with van der Waals surface area (Å²) in [6, 6.07) is 0.138. The van der Waals surface area contributed by atoms with E-state index in [-0.39, 0.29) is 12.1 Å². The van der Waals surface area contributed by atoms with E-state index >= 15 is 0 Å². The molecule has 0 aliphatic heterocycles. The van der Waals surface area contributed by atoms with Gasteiger partial charge < -0.3 is 10.5 Å². The molecule has 0 aliphatic rings. The zero-order chi connectivity index (χ0) is 8.15. The standard InChI is InChI=1S/C8H19NO/c1-6(2)5-10-8(4)7(3)9/h6-8H,5,9H2,1-4H3. The third-order valence-corrected chi connectivity index (χ3v) is 1.43. The second kappa shape index (κ2) is 4.69. The van der Waals surface area contributed by atoms with Gasteiger partial charge in [0.05, 0.1) is 6.10 Å². The van der Waals surface area contributed by atoms with Crippen LogP contribution in [0.4, 0.5) is 0 Å². The van der Waals surface area contributed by atoms with Crippen molar-refractivity contribution in [3.8, 4) is 0 Å². The largest absolute Gasteiger partial charge is 0.377 e. The van der Waals surface area contributed by atoms with Crippen LogP contribution in [-0.4, -0.2) is 18.8 Å². The number of hydrogen-bond acceptors (Lipinski definition) is 2. The van der Waals surface area contributed by atoms with Crippen molar-refractivity contribution in [2.75, 3.05) is 6.61 Å². The first kappa shape index (κ1) is 9.92. The van der Waals surface area contributed by atoms with E-state index in [1.165, 1.54) is 0 Å². The molecule has 0 amide bonds. The lowest BCUT2D eigenvalue weighted by Gasteiger charge is -2.17. The first-order valence-electron chi connectivity index (χ1n) is 3.91. The molecule has 0 aromatic carbocycles. The highest BCUT2D eigenvalue weighted by Gasteiger charge is 2.07. The molecule has 2 unspecified atom stereocenters. The quantitative estimate of drug-likeness (QED) is 0.649. The zero-order valence-corrected chi connectivity index (χ0v) is 7.42. The summed E-state index contributed by atoms with van der Waals surface area (Å²) in [5.41, 5.74) is 5.60. The SMILES string of the molecule is CC(C)COC(C)C(C)N. The molecule has 0 aliphatic carbocycles. The van der Waals surface area contributed by atoms with Gasteiger partial charge in [-0.2, -0.15) is 0 Å². The maximum atomic E-state index is 5.60. The molecule has 0 aromatic rings. The van der Waals surface area contributed by atoms with Gasteiger partial charge in [-0.15, -0.1) is 0 Å². The van der Waals surface area contributed by atoms with Gasteiger partial charge in [0, 0.05) is 12.6 Å². The van der Waals surface area contributed by atoms with E-state index in [9.17, 15) is 0 Å². The van der Waals surface area contributed by atoms with Gasteiger partial charge in [-0.1, -0.05) is 13.8 Å². The summed E-state index contributed by atoms with van der Waals surface area (Å²) in [6.07, 6.45) is 0.183. The molecular weight excluding hydrogens is 126 g/mol. The summed E-state index contributed by atoms with van der Waals surface area (Å²) >= 11 is 0. The number of hydrogen-bond donors (Lipinski definition) is 1. The monoisotopic (exact) mass is 145 g/mol. The van der Waals surface area contributed by atoms with E-state index < -0.39 is 0 Å². The number of rotatable bonds is 4. The average molecular weight is 145 g/mol. The molecule has 62 valence electrons. The summed E-state index contributed by atoms with van der Waals surface area (Å²) in [7, 11) is 0. The van der Waals surface area contributed by atoms with E-state index in [4.69, 9.17) is 10.5 Å². The smallest absolute Gasteiger partial charge is 0.0695 e. The topological polar surface area (TPSA) is 35.2 Å². The van der Waals surface area contributed by atoms with E-state index in [1.807, 2.05) is 13.8 Å². The fourth-order valence-corrected chi connectivity index (χ4v) is 0.496. The van der Waals surface area contributed by atoms with Crippen molar-refractivity contribution in [2.24, 2.45) is 11.7 Å². The average Bonchev–Trinajstić information content (AvgIpc) is 1.82. The molecule has 2 N–H and O–H groups in total. The van der Waals surface area contributed by atoms with Crippen LogP contribution in [0.25, 0.3) is 0 Å². The van der Waals surface area contributed by atoms with E-state index in [1.54, 1.807) is 0 Å². The number of ether oxygens (including phenoxy) is 1. The van der Waals surface area contributed by atoms with Gasteiger partial charge in [-0.05, 0) is 19.8 Å². The predicted molar refractivity (Wildman–Crippen MR) is 43.9 cm³/mol. The van der Waals surface area contributed by atoms with Crippen LogP contribution in [-0.2, 0) is 4.74 Å². The van der Waals surface area contributed by atoms with Gasteiger partial charge in [-0.3, -0.25) is 0 Å². The molecule has 2 heteroatoms. The van der Waals surface area contributed by atoms with E-state index in [0.29, 0.717) is 5.92 Å². The van der Waals surface area contributed by atoms with Crippen molar-refractivity contribution < 1.29 is 4.74 Å². The van der Waals surface area contributed by atoms with Gasteiger partial charge in [0.1, 0.15) is 0 Å². The summed E-state index contributed by atoms with van der Waals surface area (Å²) in [5, 5.41) is 0. The maximum absolute atomic E-state index is 5.60. The molecule has 0 spiro atoms. The summed E-state index contributed by atoms with van der Waals surface area (Å²) in [5.74, 6) is 0.598. The highest BCUT2D eigenvalue weighted by Crippen LogP contribution is 1.99. The predicted octanol–water partition coefficient (Wildman–Crippen LogP) is 1.39. The van der Waals surface area contributed by atoms with Gasteiger partial charge >= 0.3 is 0 Å². The zero-order valence-electron chi connectivity index (χ0n) is 7.42. The Morgan fingerprint density at radius 1 is 1.20 bits per heavy atom. The van der Waals surface area contributed by atoms with Crippen LogP contribution in [0.15, 0.2) is 0 Å². The Morgan fingerprint density at radius 3 is 2.00 bits per heavy atom. The van der Waals surface area contributed by atoms with Crippen LogP contribution >= 0.6 is 0 Å². The third kappa shape index (κ3) is 4.77. The van der Waals surface area contributed by atoms with Crippen LogP contribution in [0.2, 0.25) is 0 Å². The van der Waals surface area contributed by atoms with Crippen molar-refractivity contribution in [3.05, 3.63) is 0 Å². The van der Waals surface area contributed by atoms with Crippen molar-refractivity contribution >= 4 is 0 Å². The highest BCUT2D eigenvalue weighted by atomic mass is 16.5. The van der Waals surface area contributed by atoms with Crippen LogP contribution in [0.3, 0.4) is 0 Å². The minimum absolute atomic E-state index is 0.138. The fourth-order valence-electron chi connectivity index (χ4n) is 0.496. The second-order valence-electron chi connectivity index (χ2n) is 3.29. The molecule has 0 fully saturated rings. The molecule has 0 saturated carbocycles. The van der Waals surface area contributed by atoms with Crippen molar-refractivity contribution in [1.29, 1.82) is 0 Å². The highest BCUT2D eigenvalue weighted by molar-refractivity contribution is 4.62. The van der Waals surface area contributed by atoms with Crippen LogP contribution in [0.5, 0.6) is 0 Å². The van der Waals surface area contributed by atoms with Crippen molar-refractivity contribution in [1.82, 2.24) is 0 Å². The van der Waals surface area contributed by atoms with Crippen molar-refractivity contribution in [2.45, 2.75) is 39.8 Å². The van der Waals surface area contributed by atoms with Crippen LogP contribution in [0, 0.1) is 5.92 Å². The second-order valence-corrected chi connectivity index (χ2v) is 3.29. The minimum atomic E-state index is 0.138. The van der Waals surface area contributed by atoms with Gasteiger partial charge in [0.2, 0.25) is 0 Å². The lowest BCUT2D eigenvalue weighted by molar-refractivity contribution is 0.0353. The Hall–Kier alpha value is -0.0800. The lowest BCUT2D eigenvalue weighted by atomic mass is 10.2. The summed E-state index contributed by atoms with van der Waals surface area (Å²) < 4.78 is 5.44. The first-order valence-corrected chi connectivity index (χ1v) is 3.91. The normalized spacial score (nSPS) is 17.4. The molecule has 0 aromatic heterocycles. The molecule has 0 rings (SSSR count). The van der Waals surface area contributed by atoms with Gasteiger partial charge in [0.15, 0.2) is 0 Å². The summed E-state index contributed by atoms with van der Waals surface area (Å²) in [6.45, 7) is 9.04. The van der Waals surface area contributed by atoms with Gasteiger partial charge in [0.25, 0.3) is 0 Å². The molecule has 0 bridgehead atoms. The Kier molecular flexibility index (Phi) is 4.65. The lowest BCUT2D eigenvalue weighted by Crippen LogP contribution is -2.32. The Labute approximate surface area is 63.7 Å². The van der Waals surface area contributed by atoms with Crippen molar-refractivity contribution in [3.63, 3.8) is 0 Å². The van der Waals surface area contributed by atoms with Crippen LogP contribution < -0.4 is 5.73 Å². The Morgan fingerprint density at radius 2 is 1.70 bits per heavy atom. The molecule has 10 heavy (non-hydrogen) atoms. The fraction of sp³-hybridized carbons (Fsp3) is 1.00. The van der Waals surface area contributed by atoms with E-state index in [2.05, 4.69) is 13.8 Å². The Bertz CT molecular complexity index is 81.3. The first-order chi connectivity index (χ1) is 4.54. The summed E-state index contributed by atoms with van der Waals surface area (Å²) in [4.78, 5) is 0. The molecule has 0 heterocycles. The van der Waals surface area contributed by atoms with Gasteiger partial charge in [-0.25, -0.2) is 0 Å². The molecule has 0 radical (unpaired) electrons. The van der Waals surface area contributed by atoms with E-state index in [0.717, 1.165) is 6.61 Å². The maximum Gasteiger partial charge on any atom is 0.0695 e. The Balaban J connectivity index is 3.30. The van der Waals surface area contributed by atoms with Crippen LogP contribution in [0.1, 0.15) is 27.7 Å². The molecule has 2 atom stereocenters. The molecule has 0 saturated heterocycles. The molecular formula is C8H19NO. The third-order valence-electron chi connectivity index (χ3n) is 1.43. The molecule has 2 nitrogen and oxygen atoms in total.